The first-order chi connectivity index (χ1) is 20.9. The van der Waals surface area contributed by atoms with Crippen LogP contribution in [0.1, 0.15) is 11.4 Å². The third-order valence-electron chi connectivity index (χ3n) is 7.41. The van der Waals surface area contributed by atoms with Gasteiger partial charge < -0.3 is 40.4 Å². The van der Waals surface area contributed by atoms with Crippen LogP contribution in [-0.2, 0) is 25.6 Å². The van der Waals surface area contributed by atoms with Crippen LogP contribution >= 0.6 is 18.5 Å². The summed E-state index contributed by atoms with van der Waals surface area (Å²) in [4.78, 5) is 41.5. The molecule has 21 heteroatoms. The number of rotatable bonds is 8. The molecule has 4 aromatic rings. The zero-order valence-electron chi connectivity index (χ0n) is 22.2. The van der Waals surface area contributed by atoms with E-state index in [1.54, 1.807) is 0 Å². The molecule has 2 fully saturated rings. The van der Waals surface area contributed by atoms with Crippen molar-refractivity contribution in [1.29, 1.82) is 0 Å². The van der Waals surface area contributed by atoms with Crippen molar-refractivity contribution in [2.24, 2.45) is 0 Å². The second-order valence-electron chi connectivity index (χ2n) is 9.98. The number of hydrogen-bond acceptors (Lipinski definition) is 14. The number of aromatic amines is 1. The van der Waals surface area contributed by atoms with Crippen LogP contribution in [0.25, 0.3) is 22.2 Å². The zero-order chi connectivity index (χ0) is 31.6. The number of aliphatic hydroxyl groups excluding tert-OH is 2. The Morgan fingerprint density at radius 3 is 2.84 bits per heavy atom. The van der Waals surface area contributed by atoms with E-state index in [0.29, 0.717) is 0 Å². The first kappa shape index (κ1) is 30.8. The van der Waals surface area contributed by atoms with Crippen molar-refractivity contribution in [1.82, 2.24) is 34.1 Å². The lowest BCUT2D eigenvalue weighted by molar-refractivity contribution is -0.0495. The largest absolute Gasteiger partial charge is 0.395 e. The molecule has 8 N–H and O–H groups in total. The van der Waals surface area contributed by atoms with E-state index in [4.69, 9.17) is 43.5 Å². The molecule has 6 rings (SSSR count). The number of alkyl halides is 1. The van der Waals surface area contributed by atoms with E-state index < -0.39 is 72.0 Å². The normalized spacial score (nSPS) is 30.2. The SMILES string of the molecule is C#C[C@]1(COP(O)(=S)OC2[C@H](n3cnc4c(=O)[nH]c(N)nc43)S[C@H](CO)[C@H]2F)OCC(n2cc(F)c3c(N)ncnc32)[C@@H]1O. The molecule has 0 radical (unpaired) electrons. The van der Waals surface area contributed by atoms with Crippen molar-refractivity contribution < 1.29 is 37.7 Å². The molecular weight excluding hydrogens is 647 g/mol. The molecule has 3 unspecified atom stereocenters. The van der Waals surface area contributed by atoms with Gasteiger partial charge in [0.2, 0.25) is 5.95 Å². The number of aromatic nitrogens is 7. The van der Waals surface area contributed by atoms with E-state index in [1.807, 2.05) is 0 Å². The number of halogens is 2. The molecule has 234 valence electrons. The lowest BCUT2D eigenvalue weighted by Crippen LogP contribution is -2.44. The monoisotopic (exact) mass is 671 g/mol. The Bertz CT molecular complexity index is 1900. The van der Waals surface area contributed by atoms with Crippen LogP contribution < -0.4 is 17.0 Å². The Hall–Kier alpha value is -3.25. The van der Waals surface area contributed by atoms with Gasteiger partial charge >= 0.3 is 6.72 Å². The van der Waals surface area contributed by atoms with Crippen molar-refractivity contribution in [2.45, 2.75) is 40.6 Å². The zero-order valence-corrected chi connectivity index (χ0v) is 24.8. The van der Waals surface area contributed by atoms with Gasteiger partial charge in [-0.3, -0.25) is 18.9 Å². The van der Waals surface area contributed by atoms with E-state index in [-0.39, 0.29) is 40.6 Å². The standard InChI is InChI=1S/C23H24F2N9O7PS2/c1-2-23(16(36)10(5-39-23)33-3-9(24)12-17(26)28-7-29-18(12)33)6-40-42(38,43)41-15-13(25)11(4-35)44-21(15)34-8-30-14-19(34)31-22(27)32-20(14)37/h1,3,7-8,10-11,13,15-16,21,35-36H,4-6H2,(H,38,43)(H2,26,28,29)(H3,27,31,32,37)/t10?,11-,13-,15?,16+,21-,23-,42?/m1/s1. The number of hydrogen-bond donors (Lipinski definition) is 6. The van der Waals surface area contributed by atoms with Crippen LogP contribution in [0, 0.1) is 18.2 Å². The van der Waals surface area contributed by atoms with Gasteiger partial charge in [-0.1, -0.05) is 5.92 Å². The number of imidazole rings is 1. The van der Waals surface area contributed by atoms with Crippen molar-refractivity contribution in [2.75, 3.05) is 31.3 Å². The minimum absolute atomic E-state index is 0.0103. The molecule has 2 aliphatic heterocycles. The minimum Gasteiger partial charge on any atom is -0.395 e. The first-order valence-corrected chi connectivity index (χ1v) is 16.3. The lowest BCUT2D eigenvalue weighted by atomic mass is 9.96. The van der Waals surface area contributed by atoms with E-state index in [1.165, 1.54) is 15.5 Å². The summed E-state index contributed by atoms with van der Waals surface area (Å²) in [6.07, 6.45) is 4.24. The van der Waals surface area contributed by atoms with E-state index in [9.17, 15) is 24.3 Å². The molecule has 0 aromatic carbocycles. The third kappa shape index (κ3) is 5.03. The summed E-state index contributed by atoms with van der Waals surface area (Å²) in [5.41, 5.74) is 8.97. The number of aliphatic hydroxyl groups is 2. The minimum atomic E-state index is -4.34. The number of terminal acetylenes is 1. The van der Waals surface area contributed by atoms with Crippen LogP contribution in [-0.4, -0.2) is 98.2 Å². The Morgan fingerprint density at radius 1 is 1.34 bits per heavy atom. The number of nitrogens with one attached hydrogen (secondary N) is 1. The maximum atomic E-state index is 15.5. The van der Waals surface area contributed by atoms with Crippen LogP contribution in [0.2, 0.25) is 0 Å². The molecule has 2 aliphatic rings. The van der Waals surface area contributed by atoms with Gasteiger partial charge in [-0.15, -0.1) is 18.2 Å². The predicted octanol–water partition coefficient (Wildman–Crippen LogP) is -0.265. The number of H-pyrrole nitrogens is 1. The van der Waals surface area contributed by atoms with E-state index >= 15 is 4.39 Å². The fourth-order valence-corrected chi connectivity index (χ4v) is 8.12. The summed E-state index contributed by atoms with van der Waals surface area (Å²) in [5.74, 6) is 1.28. The molecule has 16 nitrogen and oxygen atoms in total. The highest BCUT2D eigenvalue weighted by atomic mass is 32.5. The number of nitrogen functional groups attached to an aromatic ring is 2. The summed E-state index contributed by atoms with van der Waals surface area (Å²) in [6, 6.07) is -0.956. The summed E-state index contributed by atoms with van der Waals surface area (Å²) in [7, 11) is 0. The van der Waals surface area contributed by atoms with Crippen LogP contribution in [0.5, 0.6) is 0 Å². The highest BCUT2D eigenvalue weighted by Gasteiger charge is 2.52. The second kappa shape index (κ2) is 11.3. The maximum absolute atomic E-state index is 15.5. The van der Waals surface area contributed by atoms with Crippen LogP contribution in [0.15, 0.2) is 23.6 Å². The highest BCUT2D eigenvalue weighted by Crippen LogP contribution is 2.55. The lowest BCUT2D eigenvalue weighted by Gasteiger charge is -2.31. The Labute approximate surface area is 255 Å². The molecule has 4 aromatic heterocycles. The number of nitrogens with two attached hydrogens (primary N) is 2. The molecule has 8 atom stereocenters. The molecule has 2 saturated heterocycles. The van der Waals surface area contributed by atoms with Crippen LogP contribution in [0.3, 0.4) is 0 Å². The average Bonchev–Trinajstić information content (AvgIpc) is 3.71. The molecule has 44 heavy (non-hydrogen) atoms. The summed E-state index contributed by atoms with van der Waals surface area (Å²) in [6.45, 7) is -5.84. The molecular formula is C23H24F2N9O7PS2. The molecule has 0 bridgehead atoms. The van der Waals surface area contributed by atoms with Crippen molar-refractivity contribution >= 4 is 64.3 Å². The van der Waals surface area contributed by atoms with Gasteiger partial charge in [0.25, 0.3) is 5.56 Å². The van der Waals surface area contributed by atoms with Gasteiger partial charge in [0.05, 0.1) is 42.8 Å². The van der Waals surface area contributed by atoms with Gasteiger partial charge in [0.15, 0.2) is 22.6 Å². The predicted molar refractivity (Wildman–Crippen MR) is 157 cm³/mol. The van der Waals surface area contributed by atoms with Gasteiger partial charge in [0.1, 0.15) is 41.5 Å². The molecule has 0 amide bonds. The molecule has 6 heterocycles. The number of nitrogens with zero attached hydrogens (tertiary/aromatic N) is 6. The Kier molecular flexibility index (Phi) is 7.88. The van der Waals surface area contributed by atoms with Crippen molar-refractivity contribution in [3.05, 3.63) is 35.0 Å². The molecule has 0 spiro atoms. The highest BCUT2D eigenvalue weighted by molar-refractivity contribution is 8.07. The smallest absolute Gasteiger partial charge is 0.325 e. The van der Waals surface area contributed by atoms with E-state index in [2.05, 4.69) is 30.8 Å². The fourth-order valence-electron chi connectivity index (χ4n) is 5.23. The van der Waals surface area contributed by atoms with Gasteiger partial charge in [-0.25, -0.2) is 23.7 Å². The Morgan fingerprint density at radius 2 is 2.11 bits per heavy atom. The summed E-state index contributed by atoms with van der Waals surface area (Å²) < 4.78 is 49.7. The second-order valence-corrected chi connectivity index (χ2v) is 14.1. The van der Waals surface area contributed by atoms with Gasteiger partial charge in [-0.2, -0.15) is 4.98 Å². The molecule has 0 aliphatic carbocycles. The van der Waals surface area contributed by atoms with E-state index in [0.717, 1.165) is 24.3 Å². The molecule has 0 saturated carbocycles. The van der Waals surface area contributed by atoms with Gasteiger partial charge in [-0.05, 0) is 11.8 Å². The third-order valence-corrected chi connectivity index (χ3v) is 10.5. The van der Waals surface area contributed by atoms with Crippen molar-refractivity contribution in [3.8, 4) is 12.3 Å². The fraction of sp³-hybridized carbons (Fsp3) is 0.435. The van der Waals surface area contributed by atoms with Gasteiger partial charge in [0, 0.05) is 6.20 Å². The maximum Gasteiger partial charge on any atom is 0.325 e. The number of ether oxygens (including phenoxy) is 1. The quantitative estimate of drug-likeness (QED) is 0.105. The first-order valence-electron chi connectivity index (χ1n) is 12.7. The number of fused-ring (bicyclic) bond motifs is 2. The topological polar surface area (TPSA) is 235 Å². The summed E-state index contributed by atoms with van der Waals surface area (Å²) >= 11 is 6.12. The number of anilines is 2. The van der Waals surface area contributed by atoms with Crippen LogP contribution in [0.4, 0.5) is 20.5 Å². The average molecular weight is 672 g/mol. The number of thioether (sulfide) groups is 1. The summed E-state index contributed by atoms with van der Waals surface area (Å²) in [5, 5.41) is 18.9. The van der Waals surface area contributed by atoms with Crippen molar-refractivity contribution in [3.63, 3.8) is 0 Å². The Balaban J connectivity index is 1.23.